The van der Waals surface area contributed by atoms with Gasteiger partial charge in [-0.15, -0.1) is 0 Å². The van der Waals surface area contributed by atoms with E-state index >= 15 is 0 Å². The molecular weight excluding hydrogens is 274 g/mol. The van der Waals surface area contributed by atoms with Gasteiger partial charge in [0.15, 0.2) is 0 Å². The number of aryl methyl sites for hydroxylation is 2. The summed E-state index contributed by atoms with van der Waals surface area (Å²) in [5.41, 5.74) is 5.26. The molecule has 3 heteroatoms. The Morgan fingerprint density at radius 2 is 1.36 bits per heavy atom. The number of rotatable bonds is 1. The molecule has 114 valence electrons. The quantitative estimate of drug-likeness (QED) is 0.831. The van der Waals surface area contributed by atoms with Gasteiger partial charge in [-0.3, -0.25) is 4.57 Å². The average Bonchev–Trinajstić information content (AvgIpc) is 3.23. The maximum Gasteiger partial charge on any atom is 0.202 e. The number of hydrogen-bond donors (Lipinski definition) is 2. The van der Waals surface area contributed by atoms with Crippen LogP contribution in [0.2, 0.25) is 0 Å². The SMILES string of the molecule is Cc1cc(C)cc(-n2c(O)c3c(c2O)[C@@H]2CC[C@H]3[C@H]3C[C@H]32)c1. The first kappa shape index (κ1) is 12.6. The fourth-order valence-electron chi connectivity index (χ4n) is 5.30. The molecule has 6 rings (SSSR count). The molecule has 2 N–H and O–H groups in total. The summed E-state index contributed by atoms with van der Waals surface area (Å²) in [5.74, 6) is 2.99. The molecule has 0 unspecified atom stereocenters. The number of nitrogens with zero attached hydrogens (tertiary/aromatic N) is 1. The van der Waals surface area contributed by atoms with Gasteiger partial charge in [0.05, 0.1) is 5.69 Å². The number of fused-ring (bicyclic) bond motifs is 1. The normalized spacial score (nSPS) is 31.0. The summed E-state index contributed by atoms with van der Waals surface area (Å²) in [5, 5.41) is 21.7. The number of aromatic nitrogens is 1. The van der Waals surface area contributed by atoms with E-state index in [1.54, 1.807) is 4.57 Å². The average molecular weight is 295 g/mol. The molecule has 3 nitrogen and oxygen atoms in total. The van der Waals surface area contributed by atoms with Crippen LogP contribution in [0.25, 0.3) is 5.69 Å². The van der Waals surface area contributed by atoms with Gasteiger partial charge in [-0.05, 0) is 80.0 Å². The van der Waals surface area contributed by atoms with Crippen molar-refractivity contribution in [3.05, 3.63) is 40.5 Å². The molecule has 2 saturated carbocycles. The summed E-state index contributed by atoms with van der Waals surface area (Å²) < 4.78 is 1.67. The highest BCUT2D eigenvalue weighted by molar-refractivity contribution is 5.60. The Kier molecular flexibility index (Phi) is 2.23. The van der Waals surface area contributed by atoms with Crippen molar-refractivity contribution in [1.82, 2.24) is 4.57 Å². The van der Waals surface area contributed by atoms with Gasteiger partial charge in [-0.25, -0.2) is 0 Å². The van der Waals surface area contributed by atoms with Crippen molar-refractivity contribution in [2.45, 2.75) is 44.9 Å². The minimum Gasteiger partial charge on any atom is -0.494 e. The number of benzene rings is 1. The Hall–Kier alpha value is -1.90. The summed E-state index contributed by atoms with van der Waals surface area (Å²) in [6.07, 6.45) is 3.62. The second kappa shape index (κ2) is 3.89. The number of aromatic hydroxyl groups is 2. The lowest BCUT2D eigenvalue weighted by molar-refractivity contribution is 0.322. The van der Waals surface area contributed by atoms with E-state index in [0.29, 0.717) is 11.8 Å². The zero-order valence-electron chi connectivity index (χ0n) is 13.0. The van der Waals surface area contributed by atoms with Crippen LogP contribution in [0, 0.1) is 25.7 Å². The van der Waals surface area contributed by atoms with Crippen LogP contribution in [-0.4, -0.2) is 14.8 Å². The molecule has 1 aromatic heterocycles. The molecular formula is C19H21NO2. The van der Waals surface area contributed by atoms with Crippen LogP contribution in [0.1, 0.15) is 53.4 Å². The zero-order valence-corrected chi connectivity index (χ0v) is 13.0. The summed E-state index contributed by atoms with van der Waals surface area (Å²) >= 11 is 0. The van der Waals surface area contributed by atoms with Crippen LogP contribution in [0.3, 0.4) is 0 Å². The summed E-state index contributed by atoms with van der Waals surface area (Å²) in [4.78, 5) is 0. The van der Waals surface area contributed by atoms with Crippen molar-refractivity contribution in [3.63, 3.8) is 0 Å². The molecule has 2 bridgehead atoms. The molecule has 4 aliphatic rings. The molecule has 22 heavy (non-hydrogen) atoms. The Bertz CT molecular complexity index is 745. The van der Waals surface area contributed by atoms with E-state index in [9.17, 15) is 10.2 Å². The third kappa shape index (κ3) is 1.42. The van der Waals surface area contributed by atoms with Crippen LogP contribution in [0.5, 0.6) is 11.8 Å². The Morgan fingerprint density at radius 1 is 0.864 bits per heavy atom. The van der Waals surface area contributed by atoms with Gasteiger partial charge in [-0.2, -0.15) is 0 Å². The van der Waals surface area contributed by atoms with Crippen molar-refractivity contribution in [3.8, 4) is 17.4 Å². The molecule has 0 radical (unpaired) electrons. The minimum absolute atomic E-state index is 0.276. The highest BCUT2D eigenvalue weighted by Crippen LogP contribution is 2.70. The first-order chi connectivity index (χ1) is 10.6. The summed E-state index contributed by atoms with van der Waals surface area (Å²) in [6, 6.07) is 6.17. The van der Waals surface area contributed by atoms with E-state index in [-0.39, 0.29) is 11.8 Å². The van der Waals surface area contributed by atoms with Gasteiger partial charge in [0, 0.05) is 11.1 Å². The summed E-state index contributed by atoms with van der Waals surface area (Å²) in [7, 11) is 0. The van der Waals surface area contributed by atoms with Crippen molar-refractivity contribution in [1.29, 1.82) is 0 Å². The van der Waals surface area contributed by atoms with Crippen LogP contribution < -0.4 is 0 Å². The lowest BCUT2D eigenvalue weighted by Crippen LogP contribution is -2.22. The third-order valence-electron chi connectivity index (χ3n) is 6.12. The molecule has 2 fully saturated rings. The largest absolute Gasteiger partial charge is 0.494 e. The molecule has 4 aliphatic carbocycles. The minimum atomic E-state index is 0.276. The topological polar surface area (TPSA) is 45.4 Å². The standard InChI is InChI=1S/C19H21NO2/c1-9-5-10(2)7-11(6-9)20-18(21)16-12-3-4-13(15-8-14(12)15)17(16)19(20)22/h5-7,12-15,21-22H,3-4,8H2,1-2H3/t12-,13+,14+,15-. The second-order valence-corrected chi connectivity index (χ2v) is 7.51. The number of hydrogen-bond acceptors (Lipinski definition) is 2. The first-order valence-electron chi connectivity index (χ1n) is 8.31. The van der Waals surface area contributed by atoms with Crippen LogP contribution in [-0.2, 0) is 0 Å². The van der Waals surface area contributed by atoms with Gasteiger partial charge < -0.3 is 10.2 Å². The maximum atomic E-state index is 10.9. The van der Waals surface area contributed by atoms with E-state index in [0.717, 1.165) is 39.8 Å². The molecule has 4 atom stereocenters. The molecule has 0 amide bonds. The lowest BCUT2D eigenvalue weighted by atomic mass is 9.68. The van der Waals surface area contributed by atoms with E-state index in [1.807, 2.05) is 26.0 Å². The Morgan fingerprint density at radius 3 is 1.86 bits per heavy atom. The van der Waals surface area contributed by atoms with Gasteiger partial charge in [0.25, 0.3) is 0 Å². The predicted octanol–water partition coefficient (Wildman–Crippen LogP) is 4.12. The Labute approximate surface area is 130 Å². The maximum absolute atomic E-state index is 10.9. The van der Waals surface area contributed by atoms with E-state index < -0.39 is 0 Å². The third-order valence-corrected chi connectivity index (χ3v) is 6.12. The van der Waals surface area contributed by atoms with Gasteiger partial charge in [0.2, 0.25) is 11.8 Å². The highest BCUT2D eigenvalue weighted by atomic mass is 16.3. The summed E-state index contributed by atoms with van der Waals surface area (Å²) in [6.45, 7) is 4.10. The van der Waals surface area contributed by atoms with Crippen molar-refractivity contribution >= 4 is 0 Å². The van der Waals surface area contributed by atoms with Gasteiger partial charge >= 0.3 is 0 Å². The molecule has 1 aromatic carbocycles. The lowest BCUT2D eigenvalue weighted by Gasteiger charge is -2.35. The van der Waals surface area contributed by atoms with E-state index in [1.165, 1.54) is 19.3 Å². The van der Waals surface area contributed by atoms with Gasteiger partial charge in [-0.1, -0.05) is 6.07 Å². The van der Waals surface area contributed by atoms with Crippen LogP contribution in [0.15, 0.2) is 18.2 Å². The molecule has 0 spiro atoms. The molecule has 1 heterocycles. The fraction of sp³-hybridized carbons (Fsp3) is 0.474. The zero-order chi connectivity index (χ0) is 15.2. The molecule has 0 aliphatic heterocycles. The predicted molar refractivity (Wildman–Crippen MR) is 84.9 cm³/mol. The van der Waals surface area contributed by atoms with Gasteiger partial charge in [0.1, 0.15) is 0 Å². The fourth-order valence-corrected chi connectivity index (χ4v) is 5.30. The van der Waals surface area contributed by atoms with Crippen molar-refractivity contribution in [2.75, 3.05) is 0 Å². The van der Waals surface area contributed by atoms with E-state index in [4.69, 9.17) is 0 Å². The van der Waals surface area contributed by atoms with E-state index in [2.05, 4.69) is 6.07 Å². The van der Waals surface area contributed by atoms with Crippen LogP contribution >= 0.6 is 0 Å². The van der Waals surface area contributed by atoms with Crippen LogP contribution in [0.4, 0.5) is 0 Å². The monoisotopic (exact) mass is 295 g/mol. The smallest absolute Gasteiger partial charge is 0.202 e. The van der Waals surface area contributed by atoms with Crippen molar-refractivity contribution in [2.24, 2.45) is 11.8 Å². The van der Waals surface area contributed by atoms with Crippen molar-refractivity contribution < 1.29 is 10.2 Å². The molecule has 2 aromatic rings. The second-order valence-electron chi connectivity index (χ2n) is 7.51. The first-order valence-corrected chi connectivity index (χ1v) is 8.31. The Balaban J connectivity index is 1.76. The molecule has 0 saturated heterocycles. The highest BCUT2D eigenvalue weighted by Gasteiger charge is 2.58.